The van der Waals surface area contributed by atoms with E-state index >= 15 is 0 Å². The predicted molar refractivity (Wildman–Crippen MR) is 401 cm³/mol. The van der Waals surface area contributed by atoms with Gasteiger partial charge in [-0.3, -0.25) is 29.1 Å². The zero-order valence-corrected chi connectivity index (χ0v) is 67.9. The highest BCUT2D eigenvalue weighted by Gasteiger charge is 2.36. The van der Waals surface area contributed by atoms with E-state index in [1.54, 1.807) is 11.8 Å². The molecule has 6 aliphatic rings. The Hall–Kier alpha value is -3.82. The Morgan fingerprint density at radius 2 is 0.887 bits per heavy atom. The van der Waals surface area contributed by atoms with Gasteiger partial charge in [-0.05, 0) is 268 Å². The zero-order valence-electron chi connectivity index (χ0n) is 67.9. The fourth-order valence-electron chi connectivity index (χ4n) is 13.1. The molecular formula is C77H153N11O9. The van der Waals surface area contributed by atoms with E-state index in [9.17, 15) is 28.8 Å². The lowest BCUT2D eigenvalue weighted by Gasteiger charge is -2.42. The van der Waals surface area contributed by atoms with Crippen molar-refractivity contribution in [3.8, 4) is 0 Å². The molecule has 0 aromatic carbocycles. The summed E-state index contributed by atoms with van der Waals surface area (Å²) in [6, 6.07) is 3.98. The van der Waals surface area contributed by atoms with Gasteiger partial charge in [0.25, 0.3) is 0 Å². The van der Waals surface area contributed by atoms with Gasteiger partial charge in [-0.25, -0.2) is 14.4 Å². The van der Waals surface area contributed by atoms with Gasteiger partial charge in [0.15, 0.2) is 0 Å². The summed E-state index contributed by atoms with van der Waals surface area (Å²) in [6.07, 6.45) is 13.2. The third-order valence-corrected chi connectivity index (χ3v) is 19.6. The second kappa shape index (κ2) is 43.2. The van der Waals surface area contributed by atoms with Crippen molar-refractivity contribution in [3.05, 3.63) is 0 Å². The molecule has 4 N–H and O–H groups in total. The number of hydrogen-bond donors (Lipinski definition) is 4. The van der Waals surface area contributed by atoms with Crippen LogP contribution in [0.5, 0.6) is 0 Å². The molecule has 0 aliphatic carbocycles. The molecule has 0 spiro atoms. The van der Waals surface area contributed by atoms with Gasteiger partial charge in [0, 0.05) is 150 Å². The van der Waals surface area contributed by atoms with Crippen LogP contribution in [0.1, 0.15) is 277 Å². The van der Waals surface area contributed by atoms with E-state index in [1.165, 1.54) is 25.8 Å². The molecule has 6 fully saturated rings. The second-order valence-electron chi connectivity index (χ2n) is 34.5. The van der Waals surface area contributed by atoms with Crippen molar-refractivity contribution in [1.29, 1.82) is 0 Å². The van der Waals surface area contributed by atoms with Crippen LogP contribution in [0.3, 0.4) is 0 Å². The van der Waals surface area contributed by atoms with Gasteiger partial charge in [0.2, 0.25) is 11.8 Å². The second-order valence-corrected chi connectivity index (χ2v) is 34.5. The standard InChI is InChI=1S/C14H28N2O2.2C13H26N2O2.C13H26N2O.C13H25NO.C11H22N2O/c1-11(2)16-9-7-8-12(10-16)15(6)13(17)18-14(3,4)5;1-10(2)15-8-6-13(5,7-9-15)14-12(16)17-11(3)4;1-10(2)15-8-6-7-11(9-15)14-12(16)17-13(3,4)5;1-10(2)12(16)14-13(5)6-8-15(9-7-13)11(3)4;1-10(2)13(15)8-12-6-5-7-14(9-12)11(3)4;1-9(2)13-7-5-6-11(4,8-13)12-10(3)14/h11-12H,7-10H2,1-6H3;2*10-11H,6-9H2,1-5H3,(H,14,16);10-11H,6-9H2,1-5H3,(H,14,16);10-12H,5-9H2,1-4H3;9H,5-8H2,1-4H3,(H,12,14). The lowest BCUT2D eigenvalue weighted by molar-refractivity contribution is -0.126. The van der Waals surface area contributed by atoms with Crippen molar-refractivity contribution < 1.29 is 43.0 Å². The molecule has 97 heavy (non-hydrogen) atoms. The van der Waals surface area contributed by atoms with E-state index in [-0.39, 0.29) is 76.7 Å². The minimum atomic E-state index is -0.420. The molecule has 0 aromatic heterocycles. The molecular weight excluding hydrogens is 1220 g/mol. The first-order valence-corrected chi connectivity index (χ1v) is 38.1. The summed E-state index contributed by atoms with van der Waals surface area (Å²) in [7, 11) is 1.85. The first-order valence-electron chi connectivity index (χ1n) is 38.1. The number of piperidine rings is 6. The Morgan fingerprint density at radius 1 is 0.464 bits per heavy atom. The number of nitrogens with one attached hydrogen (secondary N) is 4. The maximum Gasteiger partial charge on any atom is 0.410 e. The highest BCUT2D eigenvalue weighted by Crippen LogP contribution is 2.27. The Balaban J connectivity index is 0.000000583. The number of hydrogen-bond acceptors (Lipinski definition) is 15. The fourth-order valence-corrected chi connectivity index (χ4v) is 13.1. The Morgan fingerprint density at radius 3 is 1.31 bits per heavy atom. The molecule has 20 heteroatoms. The summed E-state index contributed by atoms with van der Waals surface area (Å²) in [5.41, 5.74) is -0.966. The van der Waals surface area contributed by atoms with Crippen molar-refractivity contribution in [2.45, 2.75) is 360 Å². The topological polar surface area (TPSA) is 201 Å². The van der Waals surface area contributed by atoms with Crippen LogP contribution in [0.25, 0.3) is 0 Å². The van der Waals surface area contributed by atoms with Crippen LogP contribution in [-0.2, 0) is 28.6 Å². The Labute approximate surface area is 594 Å². The number of likely N-dealkylation sites (N-methyl/N-ethyl adjacent to an activating group) is 1. The minimum absolute atomic E-state index is 0.00669. The van der Waals surface area contributed by atoms with E-state index in [0.717, 1.165) is 136 Å². The van der Waals surface area contributed by atoms with E-state index in [0.29, 0.717) is 48.0 Å². The third-order valence-electron chi connectivity index (χ3n) is 19.6. The van der Waals surface area contributed by atoms with Gasteiger partial charge in [-0.1, -0.05) is 27.7 Å². The van der Waals surface area contributed by atoms with Gasteiger partial charge >= 0.3 is 18.3 Å². The van der Waals surface area contributed by atoms with Gasteiger partial charge < -0.3 is 55.1 Å². The number of carbonyl (C=O) groups excluding carboxylic acids is 6. The van der Waals surface area contributed by atoms with Crippen molar-refractivity contribution in [1.82, 2.24) is 55.6 Å². The third kappa shape index (κ3) is 38.7. The van der Waals surface area contributed by atoms with Gasteiger partial charge in [0.1, 0.15) is 17.0 Å². The van der Waals surface area contributed by atoms with Crippen molar-refractivity contribution >= 4 is 35.9 Å². The molecule has 0 aromatic rings. The van der Waals surface area contributed by atoms with Gasteiger partial charge in [-0.2, -0.15) is 0 Å². The molecule has 6 aliphatic heterocycles. The maximum absolute atomic E-state index is 12.0. The minimum Gasteiger partial charge on any atom is -0.447 e. The fraction of sp³-hybridized carbons (Fsp3) is 0.922. The molecule has 4 unspecified atom stereocenters. The number of nitrogens with zero attached hydrogens (tertiary/aromatic N) is 7. The van der Waals surface area contributed by atoms with E-state index < -0.39 is 11.2 Å². The van der Waals surface area contributed by atoms with Crippen LogP contribution in [0.15, 0.2) is 0 Å². The van der Waals surface area contributed by atoms with Crippen LogP contribution in [0.2, 0.25) is 0 Å². The van der Waals surface area contributed by atoms with Gasteiger partial charge in [0.05, 0.1) is 6.10 Å². The molecule has 0 bridgehead atoms. The molecule has 5 amide bonds. The largest absolute Gasteiger partial charge is 0.447 e. The zero-order chi connectivity index (χ0) is 74.6. The molecule has 570 valence electrons. The average Bonchev–Trinajstić information content (AvgIpc) is 0.874. The summed E-state index contributed by atoms with van der Waals surface area (Å²) in [6.45, 7) is 70.4. The number of rotatable bonds is 16. The predicted octanol–water partition coefficient (Wildman–Crippen LogP) is 13.6. The first-order chi connectivity index (χ1) is 44.6. The monoisotopic (exact) mass is 1380 g/mol. The normalized spacial score (nSPS) is 23.1. The highest BCUT2D eigenvalue weighted by atomic mass is 16.6. The molecule has 6 rings (SSSR count). The number of ketones is 1. The smallest absolute Gasteiger partial charge is 0.410 e. The summed E-state index contributed by atoms with van der Waals surface area (Å²) in [5.74, 6) is 1.60. The van der Waals surface area contributed by atoms with Crippen LogP contribution >= 0.6 is 0 Å². The Kier molecular flexibility index (Phi) is 40.6. The number of amides is 5. The molecule has 6 heterocycles. The van der Waals surface area contributed by atoms with Gasteiger partial charge in [-0.15, -0.1) is 0 Å². The number of Topliss-reactive ketones (excluding diaryl/α,β-unsaturated/α-hetero) is 1. The molecule has 6 saturated heterocycles. The van der Waals surface area contributed by atoms with Crippen LogP contribution < -0.4 is 21.3 Å². The quantitative estimate of drug-likeness (QED) is 0.106. The summed E-state index contributed by atoms with van der Waals surface area (Å²) < 4.78 is 15.8. The lowest BCUT2D eigenvalue weighted by Crippen LogP contribution is -2.57. The number of alkyl carbamates (subject to hydrolysis) is 2. The SMILES string of the molecule is CC(=O)NC1(C)CCCN(C(C)C)C1.CC(C)C(=O)CC1CCCN(C(C)C)C1.CC(C)C(=O)NC1(C)CCN(C(C)C)CC1.CC(C)N1CCCC(N(C)C(=O)OC(C)(C)C)C1.CC(C)N1CCCC(NC(=O)OC(C)(C)C)C1.CC(C)OC(=O)NC1(C)CCN(C(C)C)CC1. The first kappa shape index (κ1) is 91.2. The van der Waals surface area contributed by atoms with E-state index in [2.05, 4.69) is 155 Å². The lowest BCUT2D eigenvalue weighted by atomic mass is 9.88. The number of likely N-dealkylation sites (tertiary alicyclic amines) is 6. The summed E-state index contributed by atoms with van der Waals surface area (Å²) >= 11 is 0. The van der Waals surface area contributed by atoms with Crippen molar-refractivity contribution in [2.24, 2.45) is 17.8 Å². The van der Waals surface area contributed by atoms with E-state index in [1.807, 2.05) is 90.1 Å². The van der Waals surface area contributed by atoms with Crippen LogP contribution in [-0.4, -0.2) is 238 Å². The maximum atomic E-state index is 12.0. The average molecular weight is 1380 g/mol. The molecule has 0 radical (unpaired) electrons. The number of carbonyl (C=O) groups is 6. The molecule has 0 saturated carbocycles. The van der Waals surface area contributed by atoms with Crippen molar-refractivity contribution in [3.63, 3.8) is 0 Å². The summed E-state index contributed by atoms with van der Waals surface area (Å²) in [4.78, 5) is 86.1. The highest BCUT2D eigenvalue weighted by molar-refractivity contribution is 5.80. The van der Waals surface area contributed by atoms with E-state index in [4.69, 9.17) is 14.2 Å². The summed E-state index contributed by atoms with van der Waals surface area (Å²) in [5, 5.41) is 12.2. The number of ether oxygens (including phenoxy) is 3. The van der Waals surface area contributed by atoms with Crippen LogP contribution in [0.4, 0.5) is 14.4 Å². The molecule has 4 atom stereocenters. The molecule has 20 nitrogen and oxygen atoms in total. The van der Waals surface area contributed by atoms with Crippen molar-refractivity contribution in [2.75, 3.05) is 85.6 Å². The Bertz CT molecular complexity index is 2270. The van der Waals surface area contributed by atoms with Crippen LogP contribution in [0, 0.1) is 17.8 Å².